The van der Waals surface area contributed by atoms with Crippen LogP contribution in [0.5, 0.6) is 0 Å². The second-order valence-electron chi connectivity index (χ2n) is 7.35. The van der Waals surface area contributed by atoms with Gasteiger partial charge in [-0.3, -0.25) is 9.36 Å². The number of rotatable bonds is 5. The van der Waals surface area contributed by atoms with Crippen LogP contribution in [0.3, 0.4) is 0 Å². The first-order valence-corrected chi connectivity index (χ1v) is 9.55. The Morgan fingerprint density at radius 3 is 2.32 bits per heavy atom. The molecule has 28 heavy (non-hydrogen) atoms. The molecule has 0 saturated carbocycles. The Labute approximate surface area is 164 Å². The van der Waals surface area contributed by atoms with Crippen LogP contribution in [0.15, 0.2) is 78.9 Å². The second kappa shape index (κ2) is 7.69. The Kier molecular flexibility index (Phi) is 4.94. The summed E-state index contributed by atoms with van der Waals surface area (Å²) in [6, 6.07) is 25.6. The van der Waals surface area contributed by atoms with Crippen molar-refractivity contribution in [1.29, 1.82) is 0 Å². The van der Waals surface area contributed by atoms with Crippen molar-refractivity contribution < 1.29 is 4.79 Å². The van der Waals surface area contributed by atoms with Crippen LogP contribution in [0.4, 0.5) is 5.69 Å². The van der Waals surface area contributed by atoms with E-state index >= 15 is 0 Å². The number of carbonyl (C=O) groups excluding carboxylic acids is 1. The largest absolute Gasteiger partial charge is 0.319 e. The van der Waals surface area contributed by atoms with Crippen LogP contribution in [0.1, 0.15) is 30.0 Å². The van der Waals surface area contributed by atoms with Crippen LogP contribution in [0.25, 0.3) is 16.7 Å². The summed E-state index contributed by atoms with van der Waals surface area (Å²) in [6.07, 6.45) is 0.988. The zero-order valence-corrected chi connectivity index (χ0v) is 16.1. The number of nitrogens with one attached hydrogen (secondary N) is 1. The first-order chi connectivity index (χ1) is 13.6. The summed E-state index contributed by atoms with van der Waals surface area (Å²) in [5, 5.41) is 2.95. The van der Waals surface area contributed by atoms with Gasteiger partial charge >= 0.3 is 0 Å². The lowest BCUT2D eigenvalue weighted by Gasteiger charge is -2.11. The maximum atomic E-state index is 13.0. The fraction of sp³-hybridized carbons (Fsp3) is 0.167. The topological polar surface area (TPSA) is 46.9 Å². The van der Waals surface area contributed by atoms with Crippen LogP contribution in [-0.4, -0.2) is 15.5 Å². The fourth-order valence-corrected chi connectivity index (χ4v) is 3.42. The standard InChI is InChI=1S/C24H23N3O/c1-17(2)15-18-13-14-21-22(16-18)27(20-11-7-4-8-12-20)23(26-21)24(28)25-19-9-5-3-6-10-19/h3-14,16-17H,15H2,1-2H3,(H,25,28). The molecule has 0 radical (unpaired) electrons. The van der Waals surface area contributed by atoms with Crippen LogP contribution in [-0.2, 0) is 6.42 Å². The van der Waals surface area contributed by atoms with Crippen LogP contribution < -0.4 is 5.32 Å². The van der Waals surface area contributed by atoms with Gasteiger partial charge in [0.05, 0.1) is 11.0 Å². The molecule has 0 spiro atoms. The molecule has 140 valence electrons. The van der Waals surface area contributed by atoms with Gasteiger partial charge in [-0.15, -0.1) is 0 Å². The highest BCUT2D eigenvalue weighted by Gasteiger charge is 2.19. The fourth-order valence-electron chi connectivity index (χ4n) is 3.42. The normalized spacial score (nSPS) is 11.1. The van der Waals surface area contributed by atoms with E-state index in [4.69, 9.17) is 0 Å². The SMILES string of the molecule is CC(C)Cc1ccc2nc(C(=O)Nc3ccccc3)n(-c3ccccc3)c2c1. The second-order valence-corrected chi connectivity index (χ2v) is 7.35. The summed E-state index contributed by atoms with van der Waals surface area (Å²) < 4.78 is 1.94. The van der Waals surface area contributed by atoms with Crippen molar-refractivity contribution in [2.75, 3.05) is 5.32 Å². The molecular weight excluding hydrogens is 346 g/mol. The van der Waals surface area contributed by atoms with E-state index in [1.807, 2.05) is 71.3 Å². The van der Waals surface area contributed by atoms with Crippen molar-refractivity contribution in [1.82, 2.24) is 9.55 Å². The van der Waals surface area contributed by atoms with Gasteiger partial charge in [0.1, 0.15) is 0 Å². The summed E-state index contributed by atoms with van der Waals surface area (Å²) in [7, 11) is 0. The molecule has 4 heteroatoms. The van der Waals surface area contributed by atoms with E-state index in [2.05, 4.69) is 36.3 Å². The summed E-state index contributed by atoms with van der Waals surface area (Å²) in [6.45, 7) is 4.41. The molecule has 1 aromatic heterocycles. The predicted octanol–water partition coefficient (Wildman–Crippen LogP) is 5.48. The maximum absolute atomic E-state index is 13.0. The Balaban J connectivity index is 1.84. The number of carbonyl (C=O) groups is 1. The highest BCUT2D eigenvalue weighted by atomic mass is 16.2. The Hall–Kier alpha value is -3.40. The molecule has 1 N–H and O–H groups in total. The van der Waals surface area contributed by atoms with E-state index in [-0.39, 0.29) is 5.91 Å². The third-order valence-corrected chi connectivity index (χ3v) is 4.61. The number of nitrogens with zero attached hydrogens (tertiary/aromatic N) is 2. The number of benzene rings is 3. The van der Waals surface area contributed by atoms with E-state index in [0.717, 1.165) is 28.8 Å². The molecule has 4 rings (SSSR count). The van der Waals surface area contributed by atoms with Gasteiger partial charge in [-0.1, -0.05) is 56.3 Å². The Bertz CT molecular complexity index is 1100. The minimum atomic E-state index is -0.225. The lowest BCUT2D eigenvalue weighted by atomic mass is 10.0. The van der Waals surface area contributed by atoms with Crippen LogP contribution >= 0.6 is 0 Å². The molecule has 1 heterocycles. The van der Waals surface area contributed by atoms with Gasteiger partial charge in [0.25, 0.3) is 5.91 Å². The first-order valence-electron chi connectivity index (χ1n) is 9.55. The lowest BCUT2D eigenvalue weighted by molar-refractivity contribution is 0.101. The highest BCUT2D eigenvalue weighted by Crippen LogP contribution is 2.24. The molecule has 0 aliphatic carbocycles. The molecule has 0 fully saturated rings. The summed E-state index contributed by atoms with van der Waals surface area (Å²) in [5.41, 5.74) is 4.68. The molecule has 0 atom stereocenters. The van der Waals surface area contributed by atoms with Crippen molar-refractivity contribution in [3.05, 3.63) is 90.3 Å². The van der Waals surface area contributed by atoms with Crippen LogP contribution in [0.2, 0.25) is 0 Å². The lowest BCUT2D eigenvalue weighted by Crippen LogP contribution is -2.17. The van der Waals surface area contributed by atoms with Gasteiger partial charge in [-0.05, 0) is 54.3 Å². The zero-order chi connectivity index (χ0) is 19.5. The van der Waals surface area contributed by atoms with Gasteiger partial charge in [-0.25, -0.2) is 4.98 Å². The van der Waals surface area contributed by atoms with Gasteiger partial charge in [0.15, 0.2) is 0 Å². The van der Waals surface area contributed by atoms with Crippen molar-refractivity contribution in [2.24, 2.45) is 5.92 Å². The van der Waals surface area contributed by atoms with E-state index in [1.165, 1.54) is 5.56 Å². The smallest absolute Gasteiger partial charge is 0.292 e. The number of para-hydroxylation sites is 2. The average molecular weight is 369 g/mol. The number of hydrogen-bond donors (Lipinski definition) is 1. The van der Waals surface area contributed by atoms with Crippen LogP contribution in [0, 0.1) is 5.92 Å². The highest BCUT2D eigenvalue weighted by molar-refractivity contribution is 6.04. The molecule has 3 aromatic carbocycles. The molecular formula is C24H23N3O. The van der Waals surface area contributed by atoms with E-state index in [1.54, 1.807) is 0 Å². The van der Waals surface area contributed by atoms with Crippen molar-refractivity contribution in [2.45, 2.75) is 20.3 Å². The van der Waals surface area contributed by atoms with Gasteiger partial charge < -0.3 is 5.32 Å². The van der Waals surface area contributed by atoms with Gasteiger partial charge in [-0.2, -0.15) is 0 Å². The minimum absolute atomic E-state index is 0.225. The molecule has 0 aliphatic rings. The molecule has 4 aromatic rings. The number of fused-ring (bicyclic) bond motifs is 1. The monoisotopic (exact) mass is 369 g/mol. The summed E-state index contributed by atoms with van der Waals surface area (Å²) in [4.78, 5) is 17.7. The molecule has 4 nitrogen and oxygen atoms in total. The van der Waals surface area contributed by atoms with Crippen molar-refractivity contribution in [3.8, 4) is 5.69 Å². The third kappa shape index (κ3) is 3.67. The Morgan fingerprint density at radius 1 is 0.964 bits per heavy atom. The maximum Gasteiger partial charge on any atom is 0.292 e. The summed E-state index contributed by atoms with van der Waals surface area (Å²) in [5.74, 6) is 0.717. The van der Waals surface area contributed by atoms with Crippen molar-refractivity contribution >= 4 is 22.6 Å². The quantitative estimate of drug-likeness (QED) is 0.506. The van der Waals surface area contributed by atoms with E-state index in [9.17, 15) is 4.79 Å². The molecule has 1 amide bonds. The Morgan fingerprint density at radius 2 is 1.64 bits per heavy atom. The number of hydrogen-bond acceptors (Lipinski definition) is 2. The first kappa shape index (κ1) is 18.0. The molecule has 0 unspecified atom stereocenters. The van der Waals surface area contributed by atoms with E-state index in [0.29, 0.717) is 11.7 Å². The average Bonchev–Trinajstić information content (AvgIpc) is 3.08. The molecule has 0 bridgehead atoms. The number of aromatic nitrogens is 2. The van der Waals surface area contributed by atoms with E-state index < -0.39 is 0 Å². The van der Waals surface area contributed by atoms with Gasteiger partial charge in [0, 0.05) is 11.4 Å². The summed E-state index contributed by atoms with van der Waals surface area (Å²) >= 11 is 0. The third-order valence-electron chi connectivity index (χ3n) is 4.61. The number of imidazole rings is 1. The zero-order valence-electron chi connectivity index (χ0n) is 16.1. The number of anilines is 1. The van der Waals surface area contributed by atoms with Crippen molar-refractivity contribution in [3.63, 3.8) is 0 Å². The minimum Gasteiger partial charge on any atom is -0.319 e. The van der Waals surface area contributed by atoms with Gasteiger partial charge in [0.2, 0.25) is 5.82 Å². The predicted molar refractivity (Wildman–Crippen MR) is 114 cm³/mol. The molecule has 0 saturated heterocycles. The molecule has 0 aliphatic heterocycles. The number of amides is 1.